The van der Waals surface area contributed by atoms with Crippen molar-refractivity contribution in [1.29, 1.82) is 0 Å². The molecule has 181 valence electrons. The van der Waals surface area contributed by atoms with Crippen molar-refractivity contribution >= 4 is 0 Å². The van der Waals surface area contributed by atoms with Gasteiger partial charge in [0.15, 0.2) is 0 Å². The Kier molecular flexibility index (Phi) is 15.4. The van der Waals surface area contributed by atoms with Crippen molar-refractivity contribution in [2.75, 3.05) is 26.2 Å². The molecule has 3 saturated heterocycles. The van der Waals surface area contributed by atoms with Crippen molar-refractivity contribution in [3.63, 3.8) is 0 Å². The molecule has 4 aliphatic rings. The SMILES string of the molecule is C1=CC[N-]C(NC2CCCC[N-]2)=C1.C1CCC(NC2CCCC[N-]2)[N-]C1.O=[N+](O)O.[Co]. The van der Waals surface area contributed by atoms with Crippen LogP contribution >= 0.6 is 0 Å². The predicted molar refractivity (Wildman–Crippen MR) is 117 cm³/mol. The molecule has 0 bridgehead atoms. The first-order valence-corrected chi connectivity index (χ1v) is 11.1. The molecule has 0 amide bonds. The molecule has 3 atom stereocenters. The average Bonchev–Trinajstić information content (AvgIpc) is 2.77. The van der Waals surface area contributed by atoms with E-state index < -0.39 is 5.09 Å². The summed E-state index contributed by atoms with van der Waals surface area (Å²) < 4.78 is 0. The fourth-order valence-corrected chi connectivity index (χ4v) is 3.66. The Morgan fingerprint density at radius 3 is 1.71 bits per heavy atom. The maximum absolute atomic E-state index is 8.47. The number of hydrogen-bond acceptors (Lipinski definition) is 3. The smallest absolute Gasteiger partial charge is 0.472 e. The molecular formula is C20H36CoN7O3-3. The zero-order chi connectivity index (χ0) is 21.4. The van der Waals surface area contributed by atoms with E-state index in [1.807, 2.05) is 18.2 Å². The third kappa shape index (κ3) is 13.6. The second-order valence-corrected chi connectivity index (χ2v) is 7.64. The molecule has 10 nitrogen and oxygen atoms in total. The van der Waals surface area contributed by atoms with E-state index in [1.165, 1.54) is 51.4 Å². The summed E-state index contributed by atoms with van der Waals surface area (Å²) >= 11 is 0. The minimum Gasteiger partial charge on any atom is -0.660 e. The fourth-order valence-electron chi connectivity index (χ4n) is 3.66. The van der Waals surface area contributed by atoms with Crippen molar-refractivity contribution in [3.8, 4) is 0 Å². The Bertz CT molecular complexity index is 513. The van der Waals surface area contributed by atoms with E-state index in [1.54, 1.807) is 0 Å². The fraction of sp³-hybridized carbons (Fsp3) is 0.800. The zero-order valence-corrected chi connectivity index (χ0v) is 19.1. The van der Waals surface area contributed by atoms with Gasteiger partial charge in [0.05, 0.1) is 0 Å². The number of nitrogens with one attached hydrogen (secondary N) is 2. The third-order valence-corrected chi connectivity index (χ3v) is 5.16. The van der Waals surface area contributed by atoms with Crippen molar-refractivity contribution in [2.24, 2.45) is 0 Å². The summed E-state index contributed by atoms with van der Waals surface area (Å²) in [5.74, 6) is 0.984. The van der Waals surface area contributed by atoms with Gasteiger partial charge in [0, 0.05) is 16.8 Å². The molecule has 4 aliphatic heterocycles. The van der Waals surface area contributed by atoms with E-state index in [-0.39, 0.29) is 16.8 Å². The summed E-state index contributed by atoms with van der Waals surface area (Å²) in [7, 11) is 0. The average molecular weight is 481 g/mol. The van der Waals surface area contributed by atoms with E-state index in [9.17, 15) is 0 Å². The standard InChI is InChI=1S/C10H19N3.C10H15N3.Co.H2NO3/c2*1-3-7-11-9(5-1)13-10-6-2-4-8-12-10;;2-1(3)4/h9-10,13H,1-8H2;1,3,5,10,13H,2,4,6-8H2;;(H2,2,3,4)/q2*-2;;+1. The molecule has 11 heteroatoms. The van der Waals surface area contributed by atoms with Crippen molar-refractivity contribution in [2.45, 2.75) is 76.3 Å². The minimum absolute atomic E-state index is 0. The van der Waals surface area contributed by atoms with Crippen molar-refractivity contribution < 1.29 is 32.3 Å². The van der Waals surface area contributed by atoms with Crippen LogP contribution in [0.4, 0.5) is 0 Å². The van der Waals surface area contributed by atoms with Gasteiger partial charge < -0.3 is 31.9 Å². The van der Waals surface area contributed by atoms with Crippen molar-refractivity contribution in [1.82, 2.24) is 10.6 Å². The Morgan fingerprint density at radius 2 is 1.32 bits per heavy atom. The maximum atomic E-state index is 8.47. The molecule has 0 aromatic carbocycles. The summed E-state index contributed by atoms with van der Waals surface area (Å²) in [6, 6.07) is 0. The van der Waals surface area contributed by atoms with Gasteiger partial charge in [0.1, 0.15) is 4.91 Å². The number of hydrogen-bond donors (Lipinski definition) is 4. The number of piperidine rings is 3. The molecule has 4 rings (SSSR count). The number of nitrogens with zero attached hydrogens (tertiary/aromatic N) is 5. The molecule has 0 saturated carbocycles. The van der Waals surface area contributed by atoms with Gasteiger partial charge in [-0.25, -0.2) is 10.4 Å². The first-order valence-electron chi connectivity index (χ1n) is 11.1. The summed E-state index contributed by atoms with van der Waals surface area (Å²) in [6.45, 7) is 3.89. The molecular weight excluding hydrogens is 445 g/mol. The quantitative estimate of drug-likeness (QED) is 0.447. The molecule has 4 heterocycles. The number of allylic oxidation sites excluding steroid dienone is 2. The van der Waals surface area contributed by atoms with E-state index in [0.717, 1.165) is 38.4 Å². The Morgan fingerprint density at radius 1 is 0.839 bits per heavy atom. The maximum Gasteiger partial charge on any atom is 0.472 e. The van der Waals surface area contributed by atoms with Gasteiger partial charge in [-0.3, -0.25) is 0 Å². The van der Waals surface area contributed by atoms with Crippen LogP contribution in [-0.4, -0.2) is 60.2 Å². The molecule has 0 aromatic heterocycles. The van der Waals surface area contributed by atoms with Gasteiger partial charge in [-0.05, 0) is 6.54 Å². The monoisotopic (exact) mass is 481 g/mol. The van der Waals surface area contributed by atoms with Crippen LogP contribution in [0, 0.1) is 4.91 Å². The van der Waals surface area contributed by atoms with Crippen LogP contribution in [0.5, 0.6) is 0 Å². The summed E-state index contributed by atoms with van der Waals surface area (Å²) in [5, 5.41) is 37.3. The van der Waals surface area contributed by atoms with E-state index in [2.05, 4.69) is 31.9 Å². The molecule has 4 N–H and O–H groups in total. The molecule has 1 radical (unpaired) electrons. The van der Waals surface area contributed by atoms with Gasteiger partial charge >= 0.3 is 5.09 Å². The van der Waals surface area contributed by atoms with Crippen LogP contribution in [-0.2, 0) is 16.8 Å². The van der Waals surface area contributed by atoms with Gasteiger partial charge in [-0.15, -0.1) is 25.8 Å². The van der Waals surface area contributed by atoms with Crippen LogP contribution in [0.25, 0.3) is 21.3 Å². The van der Waals surface area contributed by atoms with Crippen LogP contribution in [0.3, 0.4) is 0 Å². The van der Waals surface area contributed by atoms with Gasteiger partial charge in [-0.1, -0.05) is 94.2 Å². The summed E-state index contributed by atoms with van der Waals surface area (Å²) in [4.78, 5) is 8.47. The largest absolute Gasteiger partial charge is 0.660 e. The van der Waals surface area contributed by atoms with Gasteiger partial charge in [-0.2, -0.15) is 0 Å². The summed E-state index contributed by atoms with van der Waals surface area (Å²) in [5.41, 5.74) is 0. The first kappa shape index (κ1) is 27.7. The predicted octanol–water partition coefficient (Wildman–Crippen LogP) is 4.13. The van der Waals surface area contributed by atoms with Crippen LogP contribution < -0.4 is 10.6 Å². The van der Waals surface area contributed by atoms with Crippen molar-refractivity contribution in [3.05, 3.63) is 50.2 Å². The van der Waals surface area contributed by atoms with Crippen LogP contribution in [0.2, 0.25) is 0 Å². The second-order valence-electron chi connectivity index (χ2n) is 7.64. The van der Waals surface area contributed by atoms with E-state index in [4.69, 9.17) is 15.3 Å². The molecule has 31 heavy (non-hydrogen) atoms. The Balaban J connectivity index is 0.000000258. The molecule has 0 spiro atoms. The topological polar surface area (TPSA) is 141 Å². The van der Waals surface area contributed by atoms with Gasteiger partial charge in [0.2, 0.25) is 0 Å². The minimum atomic E-state index is -1.25. The third-order valence-electron chi connectivity index (χ3n) is 5.16. The summed E-state index contributed by atoms with van der Waals surface area (Å²) in [6.07, 6.45) is 18.5. The zero-order valence-electron chi connectivity index (χ0n) is 18.0. The second kappa shape index (κ2) is 17.2. The Hall–Kier alpha value is -1.37. The molecule has 0 aromatic rings. The normalized spacial score (nSPS) is 27.5. The Labute approximate surface area is 195 Å². The van der Waals surface area contributed by atoms with Crippen LogP contribution in [0.1, 0.15) is 57.8 Å². The number of rotatable bonds is 4. The van der Waals surface area contributed by atoms with Gasteiger partial charge in [0.25, 0.3) is 0 Å². The van der Waals surface area contributed by atoms with Crippen LogP contribution in [0.15, 0.2) is 24.0 Å². The molecule has 0 aliphatic carbocycles. The first-order chi connectivity index (χ1) is 14.6. The molecule has 3 unspecified atom stereocenters. The molecule has 3 fully saturated rings. The van der Waals surface area contributed by atoms with E-state index >= 15 is 0 Å². The van der Waals surface area contributed by atoms with E-state index in [0.29, 0.717) is 18.5 Å².